The summed E-state index contributed by atoms with van der Waals surface area (Å²) in [5.74, 6) is 0. The van der Waals surface area contributed by atoms with E-state index in [4.69, 9.17) is 4.74 Å². The molecule has 3 heterocycles. The third-order valence-electron chi connectivity index (χ3n) is 4.24. The molecule has 1 saturated heterocycles. The molecule has 2 aromatic heterocycles. The summed E-state index contributed by atoms with van der Waals surface area (Å²) in [4.78, 5) is 4.35. The van der Waals surface area contributed by atoms with Crippen molar-refractivity contribution < 1.29 is 4.74 Å². The van der Waals surface area contributed by atoms with Gasteiger partial charge in [0.2, 0.25) is 0 Å². The first-order valence-corrected chi connectivity index (χ1v) is 7.95. The van der Waals surface area contributed by atoms with Gasteiger partial charge in [0.25, 0.3) is 0 Å². The molecule has 1 N–H and O–H groups in total. The van der Waals surface area contributed by atoms with Crippen LogP contribution in [0.15, 0.2) is 30.6 Å². The Morgan fingerprint density at radius 1 is 1.36 bits per heavy atom. The lowest BCUT2D eigenvalue weighted by atomic mass is 10.1. The molecule has 0 unspecified atom stereocenters. The van der Waals surface area contributed by atoms with Gasteiger partial charge in [-0.05, 0) is 44.9 Å². The van der Waals surface area contributed by atoms with Crippen molar-refractivity contribution in [1.82, 2.24) is 20.1 Å². The van der Waals surface area contributed by atoms with Gasteiger partial charge in [0.05, 0.1) is 5.69 Å². The van der Waals surface area contributed by atoms with Gasteiger partial charge >= 0.3 is 0 Å². The van der Waals surface area contributed by atoms with Crippen LogP contribution in [0.25, 0.3) is 0 Å². The van der Waals surface area contributed by atoms with Crippen LogP contribution in [0.3, 0.4) is 0 Å². The molecular weight excluding hydrogens is 276 g/mol. The molecule has 0 radical (unpaired) electrons. The molecule has 22 heavy (non-hydrogen) atoms. The molecule has 0 aromatic carbocycles. The number of nitrogens with one attached hydrogen (secondary N) is 1. The van der Waals surface area contributed by atoms with E-state index >= 15 is 0 Å². The van der Waals surface area contributed by atoms with E-state index in [2.05, 4.69) is 46.1 Å². The number of nitrogens with zero attached hydrogens (tertiary/aromatic N) is 3. The third-order valence-corrected chi connectivity index (χ3v) is 4.24. The van der Waals surface area contributed by atoms with Gasteiger partial charge in [0.15, 0.2) is 0 Å². The molecule has 0 amide bonds. The van der Waals surface area contributed by atoms with Crippen LogP contribution in [0.5, 0.6) is 0 Å². The molecule has 2 aromatic rings. The first-order chi connectivity index (χ1) is 10.7. The number of pyridine rings is 1. The van der Waals surface area contributed by atoms with Crippen LogP contribution < -0.4 is 5.32 Å². The predicted octanol–water partition coefficient (Wildman–Crippen LogP) is 2.79. The van der Waals surface area contributed by atoms with Crippen molar-refractivity contribution in [2.24, 2.45) is 0 Å². The van der Waals surface area contributed by atoms with Crippen molar-refractivity contribution in [1.29, 1.82) is 0 Å². The van der Waals surface area contributed by atoms with Crippen molar-refractivity contribution >= 4 is 0 Å². The summed E-state index contributed by atoms with van der Waals surface area (Å²) in [6, 6.07) is 6.84. The summed E-state index contributed by atoms with van der Waals surface area (Å²) in [6.07, 6.45) is 4.79. The van der Waals surface area contributed by atoms with E-state index in [1.807, 2.05) is 25.4 Å². The maximum absolute atomic E-state index is 5.98. The summed E-state index contributed by atoms with van der Waals surface area (Å²) in [5, 5.41) is 8.06. The molecule has 5 nitrogen and oxygen atoms in total. The fourth-order valence-corrected chi connectivity index (χ4v) is 3.02. The van der Waals surface area contributed by atoms with Crippen LogP contribution in [-0.2, 0) is 11.3 Å². The first kappa shape index (κ1) is 15.2. The van der Waals surface area contributed by atoms with Crippen LogP contribution in [0.1, 0.15) is 49.4 Å². The quantitative estimate of drug-likeness (QED) is 0.922. The van der Waals surface area contributed by atoms with Gasteiger partial charge in [-0.3, -0.25) is 9.67 Å². The maximum Gasteiger partial charge on any atom is 0.114 e. The number of hydrogen-bond acceptors (Lipinski definition) is 4. The van der Waals surface area contributed by atoms with Gasteiger partial charge in [-0.1, -0.05) is 6.07 Å². The van der Waals surface area contributed by atoms with E-state index in [-0.39, 0.29) is 6.10 Å². The van der Waals surface area contributed by atoms with Crippen molar-refractivity contribution in [2.45, 2.75) is 51.9 Å². The SMILES string of the molecule is Cc1ncccc1CN[C@H]1CCO[C@@H]1c1ccnn1C(C)C. The second-order valence-corrected chi connectivity index (χ2v) is 6.11. The average Bonchev–Trinajstić information content (AvgIpc) is 3.14. The molecular formula is C17H24N4O. The standard InChI is InChI=1S/C17H24N4O/c1-12(2)21-16(6-9-20-21)17-15(7-10-22-17)19-11-14-5-4-8-18-13(14)3/h4-6,8-9,12,15,17,19H,7,10-11H2,1-3H3/t15-,17-/m0/s1. The fraction of sp³-hybridized carbons (Fsp3) is 0.529. The second-order valence-electron chi connectivity index (χ2n) is 6.11. The average molecular weight is 300 g/mol. The topological polar surface area (TPSA) is 52.0 Å². The van der Waals surface area contributed by atoms with Gasteiger partial charge in [0.1, 0.15) is 6.10 Å². The lowest BCUT2D eigenvalue weighted by molar-refractivity contribution is 0.0899. The highest BCUT2D eigenvalue weighted by Gasteiger charge is 2.32. The van der Waals surface area contributed by atoms with Gasteiger partial charge < -0.3 is 10.1 Å². The van der Waals surface area contributed by atoms with E-state index in [0.717, 1.165) is 31.0 Å². The Kier molecular flexibility index (Phi) is 4.55. The van der Waals surface area contributed by atoms with E-state index in [0.29, 0.717) is 12.1 Å². The molecule has 0 spiro atoms. The summed E-state index contributed by atoms with van der Waals surface area (Å²) < 4.78 is 8.04. The lowest BCUT2D eigenvalue weighted by Gasteiger charge is -2.22. The van der Waals surface area contributed by atoms with Crippen molar-refractivity contribution in [2.75, 3.05) is 6.61 Å². The number of aromatic nitrogens is 3. The van der Waals surface area contributed by atoms with Crippen LogP contribution >= 0.6 is 0 Å². The van der Waals surface area contributed by atoms with Crippen LogP contribution in [0.4, 0.5) is 0 Å². The Bertz CT molecular complexity index is 623. The second kappa shape index (κ2) is 6.58. The first-order valence-electron chi connectivity index (χ1n) is 7.95. The van der Waals surface area contributed by atoms with Gasteiger partial charge in [0, 0.05) is 43.3 Å². The molecule has 1 aliphatic heterocycles. The van der Waals surface area contributed by atoms with E-state index in [9.17, 15) is 0 Å². The van der Waals surface area contributed by atoms with Crippen molar-refractivity contribution in [3.63, 3.8) is 0 Å². The van der Waals surface area contributed by atoms with Gasteiger partial charge in [-0.2, -0.15) is 5.10 Å². The van der Waals surface area contributed by atoms with Gasteiger partial charge in [-0.15, -0.1) is 0 Å². The maximum atomic E-state index is 5.98. The number of hydrogen-bond donors (Lipinski definition) is 1. The summed E-state index contributed by atoms with van der Waals surface area (Å²) in [5.41, 5.74) is 3.48. The zero-order chi connectivity index (χ0) is 15.5. The zero-order valence-electron chi connectivity index (χ0n) is 13.5. The van der Waals surface area contributed by atoms with E-state index < -0.39 is 0 Å². The van der Waals surface area contributed by atoms with Crippen LogP contribution in [0.2, 0.25) is 0 Å². The molecule has 1 aliphatic rings. The molecule has 0 bridgehead atoms. The molecule has 0 saturated carbocycles. The smallest absolute Gasteiger partial charge is 0.114 e. The number of rotatable bonds is 5. The Balaban J connectivity index is 1.71. The van der Waals surface area contributed by atoms with Crippen molar-refractivity contribution in [3.8, 4) is 0 Å². The minimum Gasteiger partial charge on any atom is -0.370 e. The number of aryl methyl sites for hydroxylation is 1. The summed E-state index contributed by atoms with van der Waals surface area (Å²) >= 11 is 0. The molecule has 1 fully saturated rings. The molecule has 118 valence electrons. The highest BCUT2D eigenvalue weighted by molar-refractivity contribution is 5.18. The predicted molar refractivity (Wildman–Crippen MR) is 85.5 cm³/mol. The van der Waals surface area contributed by atoms with E-state index in [1.165, 1.54) is 5.56 Å². The van der Waals surface area contributed by atoms with Gasteiger partial charge in [-0.25, -0.2) is 0 Å². The molecule has 0 aliphatic carbocycles. The zero-order valence-corrected chi connectivity index (χ0v) is 13.5. The number of ether oxygens (including phenoxy) is 1. The normalized spacial score (nSPS) is 21.6. The minimum atomic E-state index is 0.0712. The largest absolute Gasteiger partial charge is 0.370 e. The Labute approximate surface area is 131 Å². The Morgan fingerprint density at radius 2 is 2.23 bits per heavy atom. The Hall–Kier alpha value is -1.72. The van der Waals surface area contributed by atoms with E-state index in [1.54, 1.807) is 0 Å². The summed E-state index contributed by atoms with van der Waals surface area (Å²) in [7, 11) is 0. The monoisotopic (exact) mass is 300 g/mol. The Morgan fingerprint density at radius 3 is 3.00 bits per heavy atom. The van der Waals surface area contributed by atoms with Crippen LogP contribution in [-0.4, -0.2) is 27.4 Å². The lowest BCUT2D eigenvalue weighted by Crippen LogP contribution is -2.32. The fourth-order valence-electron chi connectivity index (χ4n) is 3.02. The third kappa shape index (κ3) is 3.05. The highest BCUT2D eigenvalue weighted by atomic mass is 16.5. The molecule has 3 rings (SSSR count). The molecule has 2 atom stereocenters. The van der Waals surface area contributed by atoms with Crippen molar-refractivity contribution in [3.05, 3.63) is 47.5 Å². The summed E-state index contributed by atoms with van der Waals surface area (Å²) in [6.45, 7) is 7.95. The minimum absolute atomic E-state index is 0.0712. The van der Waals surface area contributed by atoms with Crippen LogP contribution in [0, 0.1) is 6.92 Å². The molecule has 5 heteroatoms. The highest BCUT2D eigenvalue weighted by Crippen LogP contribution is 2.30.